The van der Waals surface area contributed by atoms with E-state index < -0.39 is 17.7 Å². The molecule has 0 aliphatic carbocycles. The monoisotopic (exact) mass is 433 g/mol. The number of ketones is 1. The lowest BCUT2D eigenvalue weighted by atomic mass is 9.94. The van der Waals surface area contributed by atoms with E-state index in [1.165, 1.54) is 4.90 Å². The summed E-state index contributed by atoms with van der Waals surface area (Å²) in [7, 11) is 1.56. The number of amides is 1. The number of aliphatic hydroxyl groups excluding tert-OH is 1. The smallest absolute Gasteiger partial charge is 0.300 e. The van der Waals surface area contributed by atoms with E-state index >= 15 is 0 Å². The zero-order valence-corrected chi connectivity index (χ0v) is 17.8. The molecule has 3 aromatic rings. The molecule has 1 unspecified atom stereocenters. The second-order valence-electron chi connectivity index (χ2n) is 7.24. The van der Waals surface area contributed by atoms with Gasteiger partial charge in [0.15, 0.2) is 0 Å². The fourth-order valence-electron chi connectivity index (χ4n) is 3.86. The molecule has 1 amide bonds. The van der Waals surface area contributed by atoms with Gasteiger partial charge in [-0.2, -0.15) is 0 Å². The zero-order valence-electron chi connectivity index (χ0n) is 17.0. The molecule has 1 atom stereocenters. The Morgan fingerprint density at radius 2 is 1.74 bits per heavy atom. The highest BCUT2D eigenvalue weighted by molar-refractivity contribution is 6.51. The summed E-state index contributed by atoms with van der Waals surface area (Å²) in [6.07, 6.45) is 0. The van der Waals surface area contributed by atoms with Crippen molar-refractivity contribution in [1.82, 2.24) is 0 Å². The lowest BCUT2D eigenvalue weighted by Crippen LogP contribution is -2.29. The van der Waals surface area contributed by atoms with Crippen molar-refractivity contribution < 1.29 is 19.4 Å². The van der Waals surface area contributed by atoms with Crippen LogP contribution < -0.4 is 9.64 Å². The molecule has 0 bridgehead atoms. The molecule has 1 N–H and O–H groups in total. The predicted molar refractivity (Wildman–Crippen MR) is 120 cm³/mol. The third-order valence-corrected chi connectivity index (χ3v) is 5.55. The summed E-state index contributed by atoms with van der Waals surface area (Å²) in [4.78, 5) is 27.6. The molecule has 4 rings (SSSR count). The van der Waals surface area contributed by atoms with Crippen LogP contribution in [0.15, 0.2) is 78.4 Å². The number of carbonyl (C=O) groups excluding carboxylic acids is 2. The van der Waals surface area contributed by atoms with Crippen molar-refractivity contribution in [3.8, 4) is 5.75 Å². The first-order valence-corrected chi connectivity index (χ1v) is 10.1. The first kappa shape index (κ1) is 20.7. The second-order valence-corrected chi connectivity index (χ2v) is 7.68. The fraction of sp³-hybridized carbons (Fsp3) is 0.120. The van der Waals surface area contributed by atoms with Crippen LogP contribution >= 0.6 is 11.6 Å². The van der Waals surface area contributed by atoms with Crippen molar-refractivity contribution in [2.45, 2.75) is 13.0 Å². The number of rotatable bonds is 4. The molecule has 0 spiro atoms. The Labute approximate surface area is 185 Å². The average Bonchev–Trinajstić information content (AvgIpc) is 3.04. The molecule has 31 heavy (non-hydrogen) atoms. The van der Waals surface area contributed by atoms with Gasteiger partial charge in [0.05, 0.1) is 18.7 Å². The number of Topliss-reactive ketones (excluding diaryl/α,β-unsaturated/α-hetero) is 1. The molecule has 156 valence electrons. The van der Waals surface area contributed by atoms with Crippen molar-refractivity contribution in [3.05, 3.63) is 100 Å². The lowest BCUT2D eigenvalue weighted by Gasteiger charge is -2.25. The Morgan fingerprint density at radius 1 is 1.00 bits per heavy atom. The van der Waals surface area contributed by atoms with Gasteiger partial charge in [-0.3, -0.25) is 14.5 Å². The standard InChI is InChI=1S/C25H20ClNO4/c1-15-13-17(11-12-20(15)31-2)23(28)21-22(16-7-4-3-5-8-16)27(25(30)24(21)29)19-10-6-9-18(26)14-19/h3-14,22,28H,1-2H3/b23-21+. The first-order valence-electron chi connectivity index (χ1n) is 9.69. The Kier molecular flexibility index (Phi) is 5.53. The maximum atomic E-state index is 13.1. The van der Waals surface area contributed by atoms with Crippen LogP contribution in [0, 0.1) is 6.92 Å². The van der Waals surface area contributed by atoms with Gasteiger partial charge in [-0.15, -0.1) is 0 Å². The summed E-state index contributed by atoms with van der Waals surface area (Å²) >= 11 is 6.15. The molecule has 3 aromatic carbocycles. The summed E-state index contributed by atoms with van der Waals surface area (Å²) in [5, 5.41) is 11.6. The van der Waals surface area contributed by atoms with Gasteiger partial charge in [-0.1, -0.05) is 48.0 Å². The summed E-state index contributed by atoms with van der Waals surface area (Å²) in [5.74, 6) is -1.04. The number of aliphatic hydroxyl groups is 1. The number of anilines is 1. The summed E-state index contributed by atoms with van der Waals surface area (Å²) < 4.78 is 5.28. The van der Waals surface area contributed by atoms with Crippen LogP contribution in [0.5, 0.6) is 5.75 Å². The first-order chi connectivity index (χ1) is 14.9. The van der Waals surface area contributed by atoms with Gasteiger partial charge in [0.2, 0.25) is 0 Å². The third-order valence-electron chi connectivity index (χ3n) is 5.31. The Hall–Kier alpha value is -3.57. The number of carbonyl (C=O) groups is 2. The van der Waals surface area contributed by atoms with Crippen LogP contribution in [0.1, 0.15) is 22.7 Å². The molecule has 1 aliphatic rings. The summed E-state index contributed by atoms with van der Waals surface area (Å²) in [6, 6.07) is 20.2. The normalized spacial score (nSPS) is 17.8. The number of ether oxygens (including phenoxy) is 1. The second kappa shape index (κ2) is 8.28. The third kappa shape index (κ3) is 3.68. The number of halogens is 1. The largest absolute Gasteiger partial charge is 0.507 e. The highest BCUT2D eigenvalue weighted by Gasteiger charge is 2.46. The van der Waals surface area contributed by atoms with Gasteiger partial charge in [0.1, 0.15) is 11.5 Å². The molecular formula is C25H20ClNO4. The van der Waals surface area contributed by atoms with Crippen molar-refractivity contribution in [2.75, 3.05) is 12.0 Å². The molecule has 1 saturated heterocycles. The number of nitrogens with zero attached hydrogens (tertiary/aromatic N) is 1. The van der Waals surface area contributed by atoms with Crippen LogP contribution in [0.3, 0.4) is 0 Å². The number of hydrogen-bond donors (Lipinski definition) is 1. The van der Waals surface area contributed by atoms with Crippen molar-refractivity contribution >= 4 is 34.7 Å². The summed E-state index contributed by atoms with van der Waals surface area (Å²) in [5.41, 5.74) is 2.44. The number of hydrogen-bond acceptors (Lipinski definition) is 4. The van der Waals surface area contributed by atoms with Crippen LogP contribution in [0.2, 0.25) is 5.02 Å². The van der Waals surface area contributed by atoms with Crippen molar-refractivity contribution in [1.29, 1.82) is 0 Å². The SMILES string of the molecule is COc1ccc(/C(O)=C2\C(=O)C(=O)N(c3cccc(Cl)c3)C2c2ccccc2)cc1C. The molecular weight excluding hydrogens is 414 g/mol. The number of aryl methyl sites for hydroxylation is 1. The molecule has 1 aliphatic heterocycles. The minimum absolute atomic E-state index is 0.0285. The van der Waals surface area contributed by atoms with Gasteiger partial charge in [-0.05, 0) is 54.4 Å². The maximum Gasteiger partial charge on any atom is 0.300 e. The van der Waals surface area contributed by atoms with E-state index in [2.05, 4.69) is 0 Å². The van der Waals surface area contributed by atoms with Crippen LogP contribution in [-0.4, -0.2) is 23.9 Å². The Balaban J connectivity index is 1.93. The quantitative estimate of drug-likeness (QED) is 0.345. The van der Waals surface area contributed by atoms with Gasteiger partial charge >= 0.3 is 0 Å². The summed E-state index contributed by atoms with van der Waals surface area (Å²) in [6.45, 7) is 1.84. The maximum absolute atomic E-state index is 13.1. The number of benzene rings is 3. The minimum Gasteiger partial charge on any atom is -0.507 e. The fourth-order valence-corrected chi connectivity index (χ4v) is 4.04. The Bertz CT molecular complexity index is 1200. The van der Waals surface area contributed by atoms with E-state index in [0.717, 1.165) is 5.56 Å². The minimum atomic E-state index is -0.790. The van der Waals surface area contributed by atoms with Crippen LogP contribution in [0.25, 0.3) is 5.76 Å². The van der Waals surface area contributed by atoms with E-state index in [9.17, 15) is 14.7 Å². The number of methoxy groups -OCH3 is 1. The molecule has 1 fully saturated rings. The van der Waals surface area contributed by atoms with Crippen LogP contribution in [0.4, 0.5) is 5.69 Å². The molecule has 1 heterocycles. The molecule has 6 heteroatoms. The van der Waals surface area contributed by atoms with E-state index in [1.54, 1.807) is 49.6 Å². The van der Waals surface area contributed by atoms with E-state index in [-0.39, 0.29) is 11.3 Å². The van der Waals surface area contributed by atoms with Crippen LogP contribution in [-0.2, 0) is 9.59 Å². The molecule has 0 radical (unpaired) electrons. The predicted octanol–water partition coefficient (Wildman–Crippen LogP) is 5.28. The lowest BCUT2D eigenvalue weighted by molar-refractivity contribution is -0.132. The van der Waals surface area contributed by atoms with Gasteiger partial charge in [0, 0.05) is 16.3 Å². The van der Waals surface area contributed by atoms with Gasteiger partial charge in [-0.25, -0.2) is 0 Å². The molecule has 0 saturated carbocycles. The van der Waals surface area contributed by atoms with Gasteiger partial charge < -0.3 is 9.84 Å². The van der Waals surface area contributed by atoms with Gasteiger partial charge in [0.25, 0.3) is 11.7 Å². The zero-order chi connectivity index (χ0) is 22.1. The van der Waals surface area contributed by atoms with E-state index in [4.69, 9.17) is 16.3 Å². The average molecular weight is 434 g/mol. The van der Waals surface area contributed by atoms with E-state index in [1.807, 2.05) is 37.3 Å². The highest BCUT2D eigenvalue weighted by Crippen LogP contribution is 2.42. The molecule has 5 nitrogen and oxygen atoms in total. The van der Waals surface area contributed by atoms with Crippen molar-refractivity contribution in [2.24, 2.45) is 0 Å². The van der Waals surface area contributed by atoms with Crippen molar-refractivity contribution in [3.63, 3.8) is 0 Å². The molecule has 0 aromatic heterocycles. The topological polar surface area (TPSA) is 66.8 Å². The highest BCUT2D eigenvalue weighted by atomic mass is 35.5. The Morgan fingerprint density at radius 3 is 2.39 bits per heavy atom. The van der Waals surface area contributed by atoms with E-state index in [0.29, 0.717) is 27.6 Å².